The number of hydrogen-bond donors (Lipinski definition) is 3. The van der Waals surface area contributed by atoms with Crippen LogP contribution in [0.1, 0.15) is 39.0 Å². The highest BCUT2D eigenvalue weighted by Gasteiger charge is 2.64. The molecule has 1 amide bonds. The second-order valence-electron chi connectivity index (χ2n) is 9.31. The highest BCUT2D eigenvalue weighted by molar-refractivity contribution is 9.10. The van der Waals surface area contributed by atoms with Crippen molar-refractivity contribution >= 4 is 33.3 Å². The molecule has 0 aromatic heterocycles. The molecule has 5 nitrogen and oxygen atoms in total. The van der Waals surface area contributed by atoms with Crippen molar-refractivity contribution in [1.82, 2.24) is 5.32 Å². The van der Waals surface area contributed by atoms with Crippen LogP contribution in [0.5, 0.6) is 5.75 Å². The first kappa shape index (κ1) is 22.7. The molecule has 2 aliphatic heterocycles. The molecule has 2 heterocycles. The van der Waals surface area contributed by atoms with Gasteiger partial charge in [0.1, 0.15) is 11.3 Å². The van der Waals surface area contributed by atoms with Gasteiger partial charge in [0.2, 0.25) is 5.91 Å². The van der Waals surface area contributed by atoms with Gasteiger partial charge in [0.25, 0.3) is 0 Å². The molecule has 4 atom stereocenters. The molecule has 0 radical (unpaired) electrons. The van der Waals surface area contributed by atoms with Gasteiger partial charge in [-0.25, -0.2) is 0 Å². The molecule has 6 rings (SSSR count). The van der Waals surface area contributed by atoms with Crippen LogP contribution in [0.25, 0.3) is 0 Å². The fourth-order valence-corrected chi connectivity index (χ4v) is 6.07. The van der Waals surface area contributed by atoms with Gasteiger partial charge in [0.15, 0.2) is 5.78 Å². The van der Waals surface area contributed by atoms with Gasteiger partial charge in [-0.15, -0.1) is 0 Å². The van der Waals surface area contributed by atoms with Gasteiger partial charge in [0, 0.05) is 33.2 Å². The van der Waals surface area contributed by atoms with Crippen LogP contribution in [0.2, 0.25) is 0 Å². The zero-order valence-electron chi connectivity index (χ0n) is 19.2. The average Bonchev–Trinajstić information content (AvgIpc) is 3.40. The molecular weight excluding hydrogens is 516 g/mol. The average molecular weight is 539 g/mol. The SMILES string of the molecule is O=C(c1ccc(O)cc1)C1[C@H](c2ccc(Br)cc2)[C@@H](c2ccccc2)NC12C(=O)Nc1ccccc12. The number of halogens is 1. The van der Waals surface area contributed by atoms with Crippen molar-refractivity contribution in [1.29, 1.82) is 0 Å². The third kappa shape index (κ3) is 3.48. The maximum atomic E-state index is 14.4. The molecule has 1 fully saturated rings. The smallest absolute Gasteiger partial charge is 0.250 e. The standard InChI is InChI=1S/C30H23BrN2O3/c31-21-14-10-18(11-15-21)25-26(28(35)20-12-16-22(34)17-13-20)30(33-27(25)19-6-2-1-3-7-19)23-8-4-5-9-24(23)32-29(30)36/h1-17,25-27,33-34H,(H,32,36)/t25-,26?,27+,30?/m0/s1. The fraction of sp³-hybridized carbons (Fsp3) is 0.133. The quantitative estimate of drug-likeness (QED) is 0.281. The molecular formula is C30H23BrN2O3. The lowest BCUT2D eigenvalue weighted by atomic mass is 9.69. The predicted molar refractivity (Wildman–Crippen MR) is 142 cm³/mol. The summed E-state index contributed by atoms with van der Waals surface area (Å²) in [6, 6.07) is 31.5. The molecule has 1 saturated heterocycles. The van der Waals surface area contributed by atoms with E-state index in [0.29, 0.717) is 11.3 Å². The van der Waals surface area contributed by atoms with E-state index in [9.17, 15) is 14.7 Å². The Morgan fingerprint density at radius 3 is 2.19 bits per heavy atom. The van der Waals surface area contributed by atoms with E-state index in [1.54, 1.807) is 12.1 Å². The normalized spacial score (nSPS) is 24.5. The Morgan fingerprint density at radius 1 is 0.806 bits per heavy atom. The molecule has 4 aromatic carbocycles. The number of para-hydroxylation sites is 1. The summed E-state index contributed by atoms with van der Waals surface area (Å²) in [4.78, 5) is 28.3. The molecule has 178 valence electrons. The second kappa shape index (κ2) is 8.73. The number of hydrogen-bond acceptors (Lipinski definition) is 4. The number of benzene rings is 4. The summed E-state index contributed by atoms with van der Waals surface area (Å²) >= 11 is 3.52. The van der Waals surface area contributed by atoms with Crippen molar-refractivity contribution in [3.8, 4) is 5.75 Å². The van der Waals surface area contributed by atoms with Gasteiger partial charge >= 0.3 is 0 Å². The number of carbonyl (C=O) groups is 2. The number of ketones is 1. The third-order valence-corrected chi connectivity index (χ3v) is 7.90. The molecule has 3 N–H and O–H groups in total. The number of fused-ring (bicyclic) bond motifs is 2. The maximum absolute atomic E-state index is 14.4. The van der Waals surface area contributed by atoms with Gasteiger partial charge in [-0.2, -0.15) is 0 Å². The number of Topliss-reactive ketones (excluding diaryl/α,β-unsaturated/α-hetero) is 1. The number of phenolic OH excluding ortho intramolecular Hbond substituents is 1. The molecule has 2 aliphatic rings. The van der Waals surface area contributed by atoms with Crippen molar-refractivity contribution in [3.05, 3.63) is 130 Å². The number of nitrogens with one attached hydrogen (secondary N) is 2. The Kier molecular flexibility index (Phi) is 5.51. The van der Waals surface area contributed by atoms with Crippen LogP contribution in [-0.4, -0.2) is 16.8 Å². The van der Waals surface area contributed by atoms with E-state index >= 15 is 0 Å². The lowest BCUT2D eigenvalue weighted by Crippen LogP contribution is -2.50. The Bertz CT molecular complexity index is 1450. The minimum atomic E-state index is -1.26. The summed E-state index contributed by atoms with van der Waals surface area (Å²) in [6.07, 6.45) is 0. The summed E-state index contributed by atoms with van der Waals surface area (Å²) in [5.74, 6) is -1.38. The van der Waals surface area contributed by atoms with E-state index in [0.717, 1.165) is 21.2 Å². The third-order valence-electron chi connectivity index (χ3n) is 7.37. The largest absolute Gasteiger partial charge is 0.508 e. The molecule has 36 heavy (non-hydrogen) atoms. The van der Waals surface area contributed by atoms with Gasteiger partial charge in [-0.3, -0.25) is 14.9 Å². The van der Waals surface area contributed by atoms with Gasteiger partial charge in [0.05, 0.1) is 5.92 Å². The van der Waals surface area contributed by atoms with Gasteiger partial charge < -0.3 is 10.4 Å². The zero-order chi connectivity index (χ0) is 24.9. The van der Waals surface area contributed by atoms with E-state index < -0.39 is 11.5 Å². The van der Waals surface area contributed by atoms with Crippen molar-refractivity contribution in [2.45, 2.75) is 17.5 Å². The van der Waals surface area contributed by atoms with Crippen molar-refractivity contribution in [3.63, 3.8) is 0 Å². The molecule has 4 aromatic rings. The van der Waals surface area contributed by atoms with Crippen molar-refractivity contribution in [2.75, 3.05) is 5.32 Å². The highest BCUT2D eigenvalue weighted by Crippen LogP contribution is 2.57. The molecule has 0 aliphatic carbocycles. The molecule has 2 unspecified atom stereocenters. The fourth-order valence-electron chi connectivity index (χ4n) is 5.80. The van der Waals surface area contributed by atoms with Crippen molar-refractivity contribution in [2.24, 2.45) is 5.92 Å². The Morgan fingerprint density at radius 2 is 1.47 bits per heavy atom. The summed E-state index contributed by atoms with van der Waals surface area (Å²) in [7, 11) is 0. The van der Waals surface area contributed by atoms with E-state index in [-0.39, 0.29) is 29.4 Å². The number of aromatic hydroxyl groups is 1. The number of phenols is 1. The van der Waals surface area contributed by atoms with Gasteiger partial charge in [-0.05, 0) is 53.6 Å². The zero-order valence-corrected chi connectivity index (χ0v) is 20.8. The van der Waals surface area contributed by atoms with E-state index in [4.69, 9.17) is 0 Å². The van der Waals surface area contributed by atoms with Crippen LogP contribution in [0.4, 0.5) is 5.69 Å². The van der Waals surface area contributed by atoms with Crippen LogP contribution in [0.3, 0.4) is 0 Å². The van der Waals surface area contributed by atoms with Gasteiger partial charge in [-0.1, -0.05) is 76.6 Å². The molecule has 1 spiro atoms. The van der Waals surface area contributed by atoms with Crippen LogP contribution in [0.15, 0.2) is 108 Å². The summed E-state index contributed by atoms with van der Waals surface area (Å²) in [5, 5.41) is 16.5. The number of amides is 1. The Labute approximate surface area is 217 Å². The highest BCUT2D eigenvalue weighted by atomic mass is 79.9. The Hall–Kier alpha value is -3.74. The van der Waals surface area contributed by atoms with Crippen LogP contribution < -0.4 is 10.6 Å². The maximum Gasteiger partial charge on any atom is 0.250 e. The number of anilines is 1. The number of rotatable bonds is 4. The van der Waals surface area contributed by atoms with Crippen LogP contribution in [-0.2, 0) is 10.3 Å². The summed E-state index contributed by atoms with van der Waals surface area (Å²) in [6.45, 7) is 0. The van der Waals surface area contributed by atoms with E-state index in [2.05, 4.69) is 26.6 Å². The molecule has 0 bridgehead atoms. The van der Waals surface area contributed by atoms with Crippen LogP contribution >= 0.6 is 15.9 Å². The molecule has 0 saturated carbocycles. The summed E-state index contributed by atoms with van der Waals surface area (Å²) in [5.41, 5.74) is 2.64. The first-order valence-corrected chi connectivity index (χ1v) is 12.6. The predicted octanol–water partition coefficient (Wildman–Crippen LogP) is 5.93. The summed E-state index contributed by atoms with van der Waals surface area (Å²) < 4.78 is 0.938. The second-order valence-corrected chi connectivity index (χ2v) is 10.2. The van der Waals surface area contributed by atoms with E-state index in [1.165, 1.54) is 12.1 Å². The van der Waals surface area contributed by atoms with Crippen molar-refractivity contribution < 1.29 is 14.7 Å². The lowest BCUT2D eigenvalue weighted by Gasteiger charge is -2.31. The van der Waals surface area contributed by atoms with E-state index in [1.807, 2.05) is 78.9 Å². The first-order chi connectivity index (χ1) is 17.5. The minimum Gasteiger partial charge on any atom is -0.508 e. The first-order valence-electron chi connectivity index (χ1n) is 11.8. The monoisotopic (exact) mass is 538 g/mol. The minimum absolute atomic E-state index is 0.0846. The molecule has 6 heteroatoms. The van der Waals surface area contributed by atoms with Crippen LogP contribution in [0, 0.1) is 5.92 Å². The lowest BCUT2D eigenvalue weighted by molar-refractivity contribution is -0.122. The number of carbonyl (C=O) groups excluding carboxylic acids is 2. The Balaban J connectivity index is 1.62. The topological polar surface area (TPSA) is 78.4 Å².